The highest BCUT2D eigenvalue weighted by Gasteiger charge is 2.47. The second-order valence-corrected chi connectivity index (χ2v) is 13.2. The Balaban J connectivity index is 1.32. The number of aromatic nitrogens is 5. The highest BCUT2D eigenvalue weighted by atomic mass is 79.9. The molecule has 0 aliphatic carbocycles. The Morgan fingerprint density at radius 1 is 1.04 bits per heavy atom. The molecule has 2 saturated heterocycles. The van der Waals surface area contributed by atoms with Crippen molar-refractivity contribution in [2.45, 2.75) is 65.1 Å². The van der Waals surface area contributed by atoms with E-state index in [1.54, 1.807) is 23.4 Å². The van der Waals surface area contributed by atoms with Gasteiger partial charge in [0.2, 0.25) is 11.8 Å². The van der Waals surface area contributed by atoms with Gasteiger partial charge in [-0.15, -0.1) is 6.42 Å². The average molecular weight is 698 g/mol. The van der Waals surface area contributed by atoms with Crippen molar-refractivity contribution in [2.24, 2.45) is 5.92 Å². The number of nitrogens with zero attached hydrogens (tertiary/aromatic N) is 7. The molecule has 5 heterocycles. The molecule has 2 amide bonds. The van der Waals surface area contributed by atoms with Crippen molar-refractivity contribution in [3.63, 3.8) is 0 Å². The lowest BCUT2D eigenvalue weighted by atomic mass is 9.97. The number of benzene rings is 1. The number of rotatable bonds is 8. The predicted octanol–water partition coefficient (Wildman–Crippen LogP) is 4.81. The van der Waals surface area contributed by atoms with E-state index in [0.717, 1.165) is 42.6 Å². The maximum Gasteiger partial charge on any atom is 0.248 e. The van der Waals surface area contributed by atoms with Crippen molar-refractivity contribution in [1.82, 2.24) is 34.5 Å². The molecular formula is C35H37BrN8O3. The molecule has 11 nitrogen and oxygen atoms in total. The molecule has 2 aliphatic heterocycles. The van der Waals surface area contributed by atoms with Crippen LogP contribution in [0.15, 0.2) is 47.3 Å². The molecule has 1 aromatic carbocycles. The van der Waals surface area contributed by atoms with Crippen molar-refractivity contribution >= 4 is 50.2 Å². The molecule has 6 rings (SSSR count). The number of anilines is 1. The van der Waals surface area contributed by atoms with Crippen LogP contribution in [-0.2, 0) is 16.1 Å². The standard InChI is InChI=1S/C35H37BrN8O3/c1-5-28-25(19-42-13-7-6-8-14-42)16-30(35(47)40-34-21(2)9-12-31(36)39-34)44(28)32(46)20-43-29-11-10-24(26-17-37-23(4)38-18-26)15-27(29)33(41-43)22(3)45/h1,9-12,15,17-18,25,28,30H,6-8,13-14,16,19-20H2,2-4H3,(H,39,40,47)/t25-,28-,30+/m1/s1. The van der Waals surface area contributed by atoms with Crippen LogP contribution in [0.3, 0.4) is 0 Å². The first-order valence-corrected chi connectivity index (χ1v) is 16.7. The molecule has 12 heteroatoms. The van der Waals surface area contributed by atoms with Gasteiger partial charge in [-0.25, -0.2) is 15.0 Å². The Hall–Kier alpha value is -4.47. The van der Waals surface area contributed by atoms with Crippen LogP contribution in [0, 0.1) is 32.1 Å². The van der Waals surface area contributed by atoms with Crippen LogP contribution in [0.2, 0.25) is 0 Å². The lowest BCUT2D eigenvalue weighted by Crippen LogP contribution is -2.49. The Morgan fingerprint density at radius 3 is 2.49 bits per heavy atom. The summed E-state index contributed by atoms with van der Waals surface area (Å²) < 4.78 is 2.12. The second-order valence-electron chi connectivity index (χ2n) is 12.4. The SMILES string of the molecule is C#C[C@@H]1[C@@H](CN2CCCCC2)C[C@@H](C(=O)Nc2nc(Br)ccc2C)N1C(=O)Cn1nc(C(C)=O)c2cc(-c3cnc(C)nc3)ccc21. The monoisotopic (exact) mass is 696 g/mol. The Bertz CT molecular complexity index is 1880. The molecule has 0 saturated carbocycles. The number of piperidine rings is 1. The van der Waals surface area contributed by atoms with Gasteiger partial charge in [0, 0.05) is 42.7 Å². The number of aryl methyl sites for hydroxylation is 2. The number of carbonyl (C=O) groups excluding carboxylic acids is 3. The summed E-state index contributed by atoms with van der Waals surface area (Å²) >= 11 is 3.38. The predicted molar refractivity (Wildman–Crippen MR) is 182 cm³/mol. The van der Waals surface area contributed by atoms with E-state index in [2.05, 4.69) is 52.1 Å². The number of carbonyl (C=O) groups is 3. The van der Waals surface area contributed by atoms with Crippen molar-refractivity contribution in [3.8, 4) is 23.5 Å². The summed E-state index contributed by atoms with van der Waals surface area (Å²) in [5.74, 6) is 2.95. The molecule has 0 spiro atoms. The maximum atomic E-state index is 14.3. The number of amides is 2. The van der Waals surface area contributed by atoms with E-state index < -0.39 is 12.1 Å². The molecule has 0 radical (unpaired) electrons. The molecule has 3 atom stereocenters. The molecule has 2 aliphatic rings. The molecular weight excluding hydrogens is 660 g/mol. The van der Waals surface area contributed by atoms with E-state index in [1.165, 1.54) is 18.0 Å². The second kappa shape index (κ2) is 13.7. The highest BCUT2D eigenvalue weighted by Crippen LogP contribution is 2.34. The number of halogens is 1. The van der Waals surface area contributed by atoms with Gasteiger partial charge < -0.3 is 15.1 Å². The first-order chi connectivity index (χ1) is 22.6. The largest absolute Gasteiger partial charge is 0.315 e. The molecule has 4 aromatic rings. The lowest BCUT2D eigenvalue weighted by molar-refractivity contribution is -0.138. The zero-order valence-electron chi connectivity index (χ0n) is 26.7. The number of fused-ring (bicyclic) bond motifs is 1. The van der Waals surface area contributed by atoms with E-state index in [0.29, 0.717) is 40.1 Å². The van der Waals surface area contributed by atoms with Crippen LogP contribution >= 0.6 is 15.9 Å². The molecule has 0 bridgehead atoms. The Kier molecular flexibility index (Phi) is 9.47. The van der Waals surface area contributed by atoms with Crippen LogP contribution in [0.4, 0.5) is 5.82 Å². The molecule has 1 N–H and O–H groups in total. The fourth-order valence-corrected chi connectivity index (χ4v) is 7.01. The first kappa shape index (κ1) is 32.5. The topological polar surface area (TPSA) is 126 Å². The Labute approximate surface area is 282 Å². The fourth-order valence-electron chi connectivity index (χ4n) is 6.70. The van der Waals surface area contributed by atoms with Gasteiger partial charge >= 0.3 is 0 Å². The average Bonchev–Trinajstić information content (AvgIpc) is 3.61. The Morgan fingerprint density at radius 2 is 1.79 bits per heavy atom. The molecule has 2 fully saturated rings. The number of nitrogens with one attached hydrogen (secondary N) is 1. The number of hydrogen-bond acceptors (Lipinski definition) is 8. The number of hydrogen-bond donors (Lipinski definition) is 1. The normalized spacial score (nSPS) is 19.9. The van der Waals surface area contributed by atoms with E-state index in [4.69, 9.17) is 6.42 Å². The zero-order chi connectivity index (χ0) is 33.2. The van der Waals surface area contributed by atoms with Crippen LogP contribution in [-0.4, -0.2) is 83.8 Å². The van der Waals surface area contributed by atoms with E-state index in [-0.39, 0.29) is 35.8 Å². The summed E-state index contributed by atoms with van der Waals surface area (Å²) in [6.45, 7) is 7.60. The summed E-state index contributed by atoms with van der Waals surface area (Å²) in [6.07, 6.45) is 13.5. The number of Topliss-reactive ketones (excluding diaryl/α,β-unsaturated/α-hetero) is 1. The summed E-state index contributed by atoms with van der Waals surface area (Å²) in [6, 6.07) is 7.87. The van der Waals surface area contributed by atoms with Crippen LogP contribution < -0.4 is 5.32 Å². The molecule has 242 valence electrons. The highest BCUT2D eigenvalue weighted by molar-refractivity contribution is 9.10. The van der Waals surface area contributed by atoms with Gasteiger partial charge in [-0.1, -0.05) is 24.5 Å². The minimum absolute atomic E-state index is 0.0872. The van der Waals surface area contributed by atoms with Gasteiger partial charge in [0.1, 0.15) is 34.5 Å². The maximum absolute atomic E-state index is 14.3. The third-order valence-electron chi connectivity index (χ3n) is 9.10. The van der Waals surface area contributed by atoms with Crippen LogP contribution in [0.25, 0.3) is 22.0 Å². The smallest absolute Gasteiger partial charge is 0.248 e. The fraction of sp³-hybridized carbons (Fsp3) is 0.400. The van der Waals surface area contributed by atoms with Crippen molar-refractivity contribution in [3.05, 3.63) is 64.4 Å². The molecule has 47 heavy (non-hydrogen) atoms. The zero-order valence-corrected chi connectivity index (χ0v) is 28.3. The van der Waals surface area contributed by atoms with E-state index in [1.807, 2.05) is 38.1 Å². The quantitative estimate of drug-likeness (QED) is 0.158. The van der Waals surface area contributed by atoms with E-state index in [9.17, 15) is 14.4 Å². The van der Waals surface area contributed by atoms with Crippen LogP contribution in [0.5, 0.6) is 0 Å². The third-order valence-corrected chi connectivity index (χ3v) is 9.54. The van der Waals surface area contributed by atoms with Gasteiger partial charge in [0.05, 0.1) is 11.6 Å². The third kappa shape index (κ3) is 6.82. The van der Waals surface area contributed by atoms with Gasteiger partial charge in [-0.3, -0.25) is 19.1 Å². The summed E-state index contributed by atoms with van der Waals surface area (Å²) in [5, 5.41) is 8.15. The molecule has 3 aromatic heterocycles. The number of ketones is 1. The van der Waals surface area contributed by atoms with Crippen LogP contribution in [0.1, 0.15) is 54.5 Å². The molecule has 0 unspecified atom stereocenters. The van der Waals surface area contributed by atoms with Crippen molar-refractivity contribution in [1.29, 1.82) is 0 Å². The summed E-state index contributed by atoms with van der Waals surface area (Å²) in [7, 11) is 0. The van der Waals surface area contributed by atoms with Gasteiger partial charge in [0.15, 0.2) is 5.78 Å². The van der Waals surface area contributed by atoms with Gasteiger partial charge in [0.25, 0.3) is 0 Å². The number of likely N-dealkylation sites (tertiary alicyclic amines) is 2. The summed E-state index contributed by atoms with van der Waals surface area (Å²) in [5.41, 5.74) is 3.30. The number of terminal acetylenes is 1. The minimum Gasteiger partial charge on any atom is -0.315 e. The van der Waals surface area contributed by atoms with Gasteiger partial charge in [-0.05, 0) is 91.5 Å². The van der Waals surface area contributed by atoms with Crippen molar-refractivity contribution < 1.29 is 14.4 Å². The first-order valence-electron chi connectivity index (χ1n) is 15.9. The van der Waals surface area contributed by atoms with Gasteiger partial charge in [-0.2, -0.15) is 5.10 Å². The lowest BCUT2D eigenvalue weighted by Gasteiger charge is -2.31. The number of pyridine rings is 1. The minimum atomic E-state index is -0.805. The van der Waals surface area contributed by atoms with E-state index >= 15 is 0 Å². The summed E-state index contributed by atoms with van der Waals surface area (Å²) in [4.78, 5) is 57.9. The van der Waals surface area contributed by atoms with Crippen molar-refractivity contribution in [2.75, 3.05) is 25.0 Å².